The standard InChI is InChI=1S/C15H25N3O/c19-15(13-9-11-3-4-14(13)16-11)18-8-5-12(10-18)17-6-1-2-7-17/h11-14,16H,1-10H2. The lowest BCUT2D eigenvalue weighted by Crippen LogP contribution is -2.42. The van der Waals surface area contributed by atoms with Crippen LogP contribution in [0.3, 0.4) is 0 Å². The molecule has 19 heavy (non-hydrogen) atoms. The Balaban J connectivity index is 1.36. The Morgan fingerprint density at radius 2 is 1.89 bits per heavy atom. The second-order valence-corrected chi connectivity index (χ2v) is 6.86. The van der Waals surface area contributed by atoms with E-state index in [1.54, 1.807) is 0 Å². The molecular weight excluding hydrogens is 238 g/mol. The molecule has 0 radical (unpaired) electrons. The molecule has 4 saturated heterocycles. The van der Waals surface area contributed by atoms with Crippen molar-refractivity contribution in [1.82, 2.24) is 15.1 Å². The van der Waals surface area contributed by atoms with Crippen LogP contribution in [0.5, 0.6) is 0 Å². The van der Waals surface area contributed by atoms with Crippen molar-refractivity contribution >= 4 is 5.91 Å². The van der Waals surface area contributed by atoms with Gasteiger partial charge in [0.15, 0.2) is 0 Å². The lowest BCUT2D eigenvalue weighted by atomic mass is 9.88. The summed E-state index contributed by atoms with van der Waals surface area (Å²) < 4.78 is 0. The van der Waals surface area contributed by atoms with Crippen LogP contribution in [0.2, 0.25) is 0 Å². The fourth-order valence-corrected chi connectivity index (χ4v) is 4.68. The Morgan fingerprint density at radius 3 is 2.58 bits per heavy atom. The van der Waals surface area contributed by atoms with Gasteiger partial charge in [0.05, 0.1) is 5.92 Å². The minimum absolute atomic E-state index is 0.288. The monoisotopic (exact) mass is 263 g/mol. The van der Waals surface area contributed by atoms with Crippen LogP contribution >= 0.6 is 0 Å². The van der Waals surface area contributed by atoms with Gasteiger partial charge in [0.2, 0.25) is 5.91 Å². The maximum absolute atomic E-state index is 12.7. The molecule has 2 bridgehead atoms. The second kappa shape index (κ2) is 4.74. The maximum Gasteiger partial charge on any atom is 0.227 e. The Bertz CT molecular complexity index is 366. The predicted octanol–water partition coefficient (Wildman–Crippen LogP) is 0.824. The van der Waals surface area contributed by atoms with E-state index in [0.29, 0.717) is 24.0 Å². The third kappa shape index (κ3) is 2.09. The first-order chi connectivity index (χ1) is 9.31. The summed E-state index contributed by atoms with van der Waals surface area (Å²) in [6.07, 6.45) is 7.48. The van der Waals surface area contributed by atoms with E-state index in [1.807, 2.05) is 0 Å². The quantitative estimate of drug-likeness (QED) is 0.801. The Morgan fingerprint density at radius 1 is 1.05 bits per heavy atom. The molecule has 4 fully saturated rings. The fourth-order valence-electron chi connectivity index (χ4n) is 4.68. The van der Waals surface area contributed by atoms with Gasteiger partial charge in [-0.1, -0.05) is 0 Å². The summed E-state index contributed by atoms with van der Waals surface area (Å²) in [5.41, 5.74) is 0. The predicted molar refractivity (Wildman–Crippen MR) is 73.8 cm³/mol. The molecule has 4 aliphatic rings. The lowest BCUT2D eigenvalue weighted by molar-refractivity contribution is -0.135. The van der Waals surface area contributed by atoms with Crippen LogP contribution in [-0.4, -0.2) is 60.0 Å². The van der Waals surface area contributed by atoms with Crippen molar-refractivity contribution in [2.45, 2.75) is 56.7 Å². The maximum atomic E-state index is 12.7. The number of nitrogens with zero attached hydrogens (tertiary/aromatic N) is 2. The van der Waals surface area contributed by atoms with Gasteiger partial charge in [-0.2, -0.15) is 0 Å². The smallest absolute Gasteiger partial charge is 0.227 e. The molecule has 0 aromatic carbocycles. The first-order valence-electron chi connectivity index (χ1n) is 8.10. The number of carbonyl (C=O) groups is 1. The molecule has 4 unspecified atom stereocenters. The number of rotatable bonds is 2. The summed E-state index contributed by atoms with van der Waals surface area (Å²) >= 11 is 0. The zero-order valence-electron chi connectivity index (χ0n) is 11.7. The average Bonchev–Trinajstić information content (AvgIpc) is 3.18. The van der Waals surface area contributed by atoms with Crippen LogP contribution in [0.1, 0.15) is 38.5 Å². The lowest BCUT2D eigenvalue weighted by Gasteiger charge is -2.27. The van der Waals surface area contributed by atoms with Crippen molar-refractivity contribution in [2.24, 2.45) is 5.92 Å². The number of nitrogens with one attached hydrogen (secondary N) is 1. The van der Waals surface area contributed by atoms with Crippen LogP contribution in [0.4, 0.5) is 0 Å². The van der Waals surface area contributed by atoms with Crippen LogP contribution in [0.15, 0.2) is 0 Å². The summed E-state index contributed by atoms with van der Waals surface area (Å²) in [5, 5.41) is 3.59. The third-order valence-electron chi connectivity index (χ3n) is 5.75. The molecule has 4 nitrogen and oxygen atoms in total. The number of amides is 1. The molecule has 106 valence electrons. The van der Waals surface area contributed by atoms with Crippen LogP contribution in [0.25, 0.3) is 0 Å². The average molecular weight is 263 g/mol. The van der Waals surface area contributed by atoms with Crippen molar-refractivity contribution in [3.8, 4) is 0 Å². The molecule has 0 aromatic rings. The van der Waals surface area contributed by atoms with E-state index < -0.39 is 0 Å². The number of fused-ring (bicyclic) bond motifs is 2. The van der Waals surface area contributed by atoms with Crippen LogP contribution in [0, 0.1) is 5.92 Å². The van der Waals surface area contributed by atoms with E-state index in [4.69, 9.17) is 0 Å². The van der Waals surface area contributed by atoms with Gasteiger partial charge in [0.1, 0.15) is 0 Å². The van der Waals surface area contributed by atoms with Gasteiger partial charge < -0.3 is 10.2 Å². The van der Waals surface area contributed by atoms with Crippen molar-refractivity contribution in [3.63, 3.8) is 0 Å². The highest BCUT2D eigenvalue weighted by atomic mass is 16.2. The number of hydrogen-bond acceptors (Lipinski definition) is 3. The normalized spacial score (nSPS) is 42.4. The fraction of sp³-hybridized carbons (Fsp3) is 0.933. The zero-order chi connectivity index (χ0) is 12.8. The SMILES string of the molecule is O=C(C1CC2CCC1N2)N1CCC(N2CCCC2)C1. The first-order valence-corrected chi connectivity index (χ1v) is 8.10. The molecule has 0 aromatic heterocycles. The Labute approximate surface area is 115 Å². The Hall–Kier alpha value is -0.610. The summed E-state index contributed by atoms with van der Waals surface area (Å²) in [6, 6.07) is 1.78. The molecule has 0 aliphatic carbocycles. The van der Waals surface area contributed by atoms with Gasteiger partial charge in [-0.15, -0.1) is 0 Å². The van der Waals surface area contributed by atoms with Crippen LogP contribution in [-0.2, 0) is 4.79 Å². The highest BCUT2D eigenvalue weighted by molar-refractivity contribution is 5.80. The molecule has 0 spiro atoms. The van der Waals surface area contributed by atoms with E-state index in [1.165, 1.54) is 45.2 Å². The van der Waals surface area contributed by atoms with E-state index in [-0.39, 0.29) is 5.92 Å². The van der Waals surface area contributed by atoms with E-state index in [9.17, 15) is 4.79 Å². The van der Waals surface area contributed by atoms with Gasteiger partial charge in [-0.3, -0.25) is 9.69 Å². The number of hydrogen-bond donors (Lipinski definition) is 1. The van der Waals surface area contributed by atoms with Gasteiger partial charge in [-0.25, -0.2) is 0 Å². The van der Waals surface area contributed by atoms with E-state index in [0.717, 1.165) is 19.5 Å². The van der Waals surface area contributed by atoms with Crippen LogP contribution < -0.4 is 5.32 Å². The highest BCUT2D eigenvalue weighted by Crippen LogP contribution is 2.35. The van der Waals surface area contributed by atoms with Gasteiger partial charge >= 0.3 is 0 Å². The molecule has 1 N–H and O–H groups in total. The highest BCUT2D eigenvalue weighted by Gasteiger charge is 2.45. The molecule has 4 rings (SSSR count). The molecule has 0 saturated carbocycles. The van der Waals surface area contributed by atoms with Crippen molar-refractivity contribution < 1.29 is 4.79 Å². The molecule has 4 atom stereocenters. The van der Waals surface area contributed by atoms with Gasteiger partial charge in [0, 0.05) is 31.2 Å². The van der Waals surface area contributed by atoms with Gasteiger partial charge in [-0.05, 0) is 51.6 Å². The second-order valence-electron chi connectivity index (χ2n) is 6.86. The minimum atomic E-state index is 0.288. The number of likely N-dealkylation sites (tertiary alicyclic amines) is 2. The summed E-state index contributed by atoms with van der Waals surface area (Å²) in [7, 11) is 0. The van der Waals surface area contributed by atoms with E-state index in [2.05, 4.69) is 15.1 Å². The summed E-state index contributed by atoms with van der Waals surface area (Å²) in [6.45, 7) is 4.49. The van der Waals surface area contributed by atoms with Crippen molar-refractivity contribution in [1.29, 1.82) is 0 Å². The zero-order valence-corrected chi connectivity index (χ0v) is 11.7. The topological polar surface area (TPSA) is 35.6 Å². The van der Waals surface area contributed by atoms with Crippen molar-refractivity contribution in [3.05, 3.63) is 0 Å². The van der Waals surface area contributed by atoms with E-state index >= 15 is 0 Å². The summed E-state index contributed by atoms with van der Waals surface area (Å²) in [4.78, 5) is 17.4. The van der Waals surface area contributed by atoms with Gasteiger partial charge in [0.25, 0.3) is 0 Å². The Kier molecular flexibility index (Phi) is 3.03. The molecular formula is C15H25N3O. The third-order valence-corrected chi connectivity index (χ3v) is 5.75. The largest absolute Gasteiger partial charge is 0.341 e. The molecule has 1 amide bonds. The molecule has 4 heteroatoms. The summed E-state index contributed by atoms with van der Waals surface area (Å²) in [5.74, 6) is 0.734. The molecule has 4 aliphatic heterocycles. The molecule has 4 heterocycles. The first kappa shape index (κ1) is 12.2. The van der Waals surface area contributed by atoms with Crippen molar-refractivity contribution in [2.75, 3.05) is 26.2 Å². The minimum Gasteiger partial charge on any atom is -0.341 e. The number of carbonyl (C=O) groups excluding carboxylic acids is 1.